The first-order valence-electron chi connectivity index (χ1n) is 8.98. The lowest BCUT2D eigenvalue weighted by atomic mass is 10.2. The third-order valence-corrected chi connectivity index (χ3v) is 3.64. The Morgan fingerprint density at radius 3 is 2.60 bits per heavy atom. The number of hydrogen-bond donors (Lipinski definition) is 2. The molecule has 0 radical (unpaired) electrons. The molecule has 25 heavy (non-hydrogen) atoms. The second-order valence-corrected chi connectivity index (χ2v) is 5.94. The number of benzene rings is 1. The molecule has 0 aliphatic heterocycles. The Bertz CT molecular complexity index is 534. The average molecular weight is 460 g/mol. The fourth-order valence-corrected chi connectivity index (χ4v) is 2.34. The van der Waals surface area contributed by atoms with Gasteiger partial charge in [-0.3, -0.25) is 4.79 Å². The summed E-state index contributed by atoms with van der Waals surface area (Å²) >= 11 is 0. The lowest BCUT2D eigenvalue weighted by Crippen LogP contribution is -2.39. The maximum absolute atomic E-state index is 11.7. The van der Waals surface area contributed by atoms with E-state index in [9.17, 15) is 4.79 Å². The summed E-state index contributed by atoms with van der Waals surface area (Å²) in [6.45, 7) is 8.71. The Kier molecular flexibility index (Phi) is 13.2. The Balaban J connectivity index is 0.00000576. The van der Waals surface area contributed by atoms with Gasteiger partial charge in [-0.15, -0.1) is 24.0 Å². The molecule has 5 nitrogen and oxygen atoms in total. The van der Waals surface area contributed by atoms with Crippen LogP contribution in [0.3, 0.4) is 0 Å². The molecule has 6 heteroatoms. The maximum atomic E-state index is 11.7. The Labute approximate surface area is 169 Å². The number of aliphatic imine (C=N–C) groups is 1. The molecule has 0 aromatic heterocycles. The lowest BCUT2D eigenvalue weighted by Gasteiger charge is -2.21. The number of amides is 1. The zero-order valence-electron chi connectivity index (χ0n) is 16.0. The number of guanidine groups is 1. The smallest absolute Gasteiger partial charge is 0.224 e. The predicted octanol–water partition coefficient (Wildman–Crippen LogP) is 4.24. The van der Waals surface area contributed by atoms with E-state index in [2.05, 4.69) is 36.4 Å². The standard InChI is InChI=1S/C19H32N4O.HI/c1-5-8-13-23(4)19(20-7-3)21-15-16-11-9-12-17(14-16)22-18(24)10-6-2;/h9,11-12,14H,5-8,10,13,15H2,1-4H3,(H,20,21)(H,22,24);1H. The molecule has 0 aliphatic rings. The van der Waals surface area contributed by atoms with Gasteiger partial charge in [-0.25, -0.2) is 4.99 Å². The molecule has 1 rings (SSSR count). The highest BCUT2D eigenvalue weighted by atomic mass is 127. The third-order valence-electron chi connectivity index (χ3n) is 3.64. The monoisotopic (exact) mass is 460 g/mol. The minimum Gasteiger partial charge on any atom is -0.357 e. The van der Waals surface area contributed by atoms with Gasteiger partial charge in [0.05, 0.1) is 6.54 Å². The minimum atomic E-state index is 0. The normalized spacial score (nSPS) is 10.8. The quantitative estimate of drug-likeness (QED) is 0.329. The zero-order chi connectivity index (χ0) is 17.8. The van der Waals surface area contributed by atoms with Crippen LogP contribution in [0.15, 0.2) is 29.3 Å². The number of unbranched alkanes of at least 4 members (excludes halogenated alkanes) is 1. The van der Waals surface area contributed by atoms with Gasteiger partial charge in [0, 0.05) is 32.2 Å². The molecule has 1 amide bonds. The molecule has 0 unspecified atom stereocenters. The fraction of sp³-hybridized carbons (Fsp3) is 0.579. The Morgan fingerprint density at radius 2 is 1.96 bits per heavy atom. The fourth-order valence-electron chi connectivity index (χ4n) is 2.34. The van der Waals surface area contributed by atoms with Crippen LogP contribution in [0.5, 0.6) is 0 Å². The number of rotatable bonds is 9. The van der Waals surface area contributed by atoms with Gasteiger partial charge in [-0.1, -0.05) is 32.4 Å². The lowest BCUT2D eigenvalue weighted by molar-refractivity contribution is -0.116. The van der Waals surface area contributed by atoms with Gasteiger partial charge >= 0.3 is 0 Å². The Morgan fingerprint density at radius 1 is 1.20 bits per heavy atom. The number of nitrogens with one attached hydrogen (secondary N) is 2. The summed E-state index contributed by atoms with van der Waals surface area (Å²) in [5.74, 6) is 0.983. The summed E-state index contributed by atoms with van der Waals surface area (Å²) in [4.78, 5) is 18.6. The van der Waals surface area contributed by atoms with Crippen molar-refractivity contribution in [2.75, 3.05) is 25.5 Å². The first-order chi connectivity index (χ1) is 11.6. The zero-order valence-corrected chi connectivity index (χ0v) is 18.3. The second-order valence-electron chi connectivity index (χ2n) is 5.94. The number of nitrogens with zero attached hydrogens (tertiary/aromatic N) is 2. The molecule has 1 aromatic carbocycles. The van der Waals surface area contributed by atoms with Crippen LogP contribution in [-0.4, -0.2) is 36.9 Å². The van der Waals surface area contributed by atoms with Gasteiger partial charge in [0.2, 0.25) is 5.91 Å². The van der Waals surface area contributed by atoms with Crippen molar-refractivity contribution in [3.63, 3.8) is 0 Å². The van der Waals surface area contributed by atoms with E-state index in [1.807, 2.05) is 31.2 Å². The van der Waals surface area contributed by atoms with E-state index in [-0.39, 0.29) is 29.9 Å². The first kappa shape index (κ1) is 23.7. The van der Waals surface area contributed by atoms with E-state index in [1.54, 1.807) is 0 Å². The van der Waals surface area contributed by atoms with E-state index in [0.29, 0.717) is 13.0 Å². The molecular weight excluding hydrogens is 427 g/mol. The SMILES string of the molecule is CCCCN(C)C(=NCc1cccc(NC(=O)CCC)c1)NCC.I. The van der Waals surface area contributed by atoms with E-state index in [4.69, 9.17) is 4.99 Å². The van der Waals surface area contributed by atoms with Gasteiger partial charge < -0.3 is 15.5 Å². The molecule has 0 bridgehead atoms. The van der Waals surface area contributed by atoms with Gasteiger partial charge in [0.15, 0.2) is 5.96 Å². The molecule has 0 aliphatic carbocycles. The second kappa shape index (κ2) is 13.9. The van der Waals surface area contributed by atoms with Crippen LogP contribution in [0.25, 0.3) is 0 Å². The van der Waals surface area contributed by atoms with Crippen molar-refractivity contribution in [1.29, 1.82) is 0 Å². The molecule has 0 heterocycles. The molecule has 2 N–H and O–H groups in total. The summed E-state index contributed by atoms with van der Waals surface area (Å²) < 4.78 is 0. The van der Waals surface area contributed by atoms with Crippen LogP contribution in [0.4, 0.5) is 5.69 Å². The van der Waals surface area contributed by atoms with Crippen molar-refractivity contribution in [3.8, 4) is 0 Å². The third kappa shape index (κ3) is 9.67. The van der Waals surface area contributed by atoms with Crippen LogP contribution in [-0.2, 0) is 11.3 Å². The minimum absolute atomic E-state index is 0. The molecular formula is C19H33IN4O. The van der Waals surface area contributed by atoms with Gasteiger partial charge in [0.25, 0.3) is 0 Å². The van der Waals surface area contributed by atoms with E-state index < -0.39 is 0 Å². The summed E-state index contributed by atoms with van der Waals surface area (Å²) in [7, 11) is 2.07. The van der Waals surface area contributed by atoms with Crippen LogP contribution < -0.4 is 10.6 Å². The molecule has 1 aromatic rings. The maximum Gasteiger partial charge on any atom is 0.224 e. The summed E-state index contributed by atoms with van der Waals surface area (Å²) in [6, 6.07) is 7.90. The van der Waals surface area contributed by atoms with Gasteiger partial charge in [-0.2, -0.15) is 0 Å². The van der Waals surface area contributed by atoms with E-state index in [1.165, 1.54) is 6.42 Å². The Hall–Kier alpha value is -1.31. The van der Waals surface area contributed by atoms with Crippen LogP contribution in [0, 0.1) is 0 Å². The number of anilines is 1. The van der Waals surface area contributed by atoms with E-state index >= 15 is 0 Å². The topological polar surface area (TPSA) is 56.7 Å². The molecule has 0 atom stereocenters. The number of carbonyl (C=O) groups is 1. The first-order valence-corrected chi connectivity index (χ1v) is 8.98. The van der Waals surface area contributed by atoms with Gasteiger partial charge in [-0.05, 0) is 37.5 Å². The van der Waals surface area contributed by atoms with Crippen molar-refractivity contribution in [2.24, 2.45) is 4.99 Å². The number of halogens is 1. The number of carbonyl (C=O) groups excluding carboxylic acids is 1. The van der Waals surface area contributed by atoms with E-state index in [0.717, 1.165) is 43.1 Å². The molecule has 0 saturated heterocycles. The highest BCUT2D eigenvalue weighted by Gasteiger charge is 2.05. The van der Waals surface area contributed by atoms with Crippen molar-refractivity contribution in [1.82, 2.24) is 10.2 Å². The summed E-state index contributed by atoms with van der Waals surface area (Å²) in [5, 5.41) is 6.26. The van der Waals surface area contributed by atoms with Crippen molar-refractivity contribution in [3.05, 3.63) is 29.8 Å². The van der Waals surface area contributed by atoms with Crippen molar-refractivity contribution >= 4 is 41.5 Å². The highest BCUT2D eigenvalue weighted by Crippen LogP contribution is 2.12. The van der Waals surface area contributed by atoms with Crippen molar-refractivity contribution in [2.45, 2.75) is 53.0 Å². The number of hydrogen-bond acceptors (Lipinski definition) is 2. The van der Waals surface area contributed by atoms with Crippen LogP contribution in [0.1, 0.15) is 52.0 Å². The van der Waals surface area contributed by atoms with Crippen molar-refractivity contribution < 1.29 is 4.79 Å². The highest BCUT2D eigenvalue weighted by molar-refractivity contribution is 14.0. The van der Waals surface area contributed by atoms with Crippen LogP contribution >= 0.6 is 24.0 Å². The van der Waals surface area contributed by atoms with Crippen LogP contribution in [0.2, 0.25) is 0 Å². The van der Waals surface area contributed by atoms with Gasteiger partial charge in [0.1, 0.15) is 0 Å². The summed E-state index contributed by atoms with van der Waals surface area (Å²) in [6.07, 6.45) is 3.73. The molecule has 0 fully saturated rings. The molecule has 0 saturated carbocycles. The average Bonchev–Trinajstić information content (AvgIpc) is 2.57. The largest absolute Gasteiger partial charge is 0.357 e. The molecule has 0 spiro atoms. The molecule has 142 valence electrons. The predicted molar refractivity (Wildman–Crippen MR) is 118 cm³/mol. The summed E-state index contributed by atoms with van der Waals surface area (Å²) in [5.41, 5.74) is 1.93.